The Balaban J connectivity index is 1.75. The van der Waals surface area contributed by atoms with Crippen LogP contribution < -0.4 is 15.0 Å². The Morgan fingerprint density at radius 1 is 1.09 bits per heavy atom. The highest BCUT2D eigenvalue weighted by atomic mass is 35.5. The Labute approximate surface area is 191 Å². The van der Waals surface area contributed by atoms with E-state index in [4.69, 9.17) is 16.3 Å². The average molecular weight is 467 g/mol. The van der Waals surface area contributed by atoms with Crippen molar-refractivity contribution >= 4 is 46.9 Å². The molecule has 4 rings (SSSR count). The molecule has 4 amide bonds. The van der Waals surface area contributed by atoms with Gasteiger partial charge in [-0.25, -0.2) is 9.69 Å². The number of methoxy groups -OCH3 is 1. The molecule has 1 aliphatic heterocycles. The van der Waals surface area contributed by atoms with Gasteiger partial charge in [-0.3, -0.25) is 25.0 Å². The number of nitro groups is 1. The summed E-state index contributed by atoms with van der Waals surface area (Å²) >= 11 is 6.24. The largest absolute Gasteiger partial charge is 0.497 e. The Morgan fingerprint density at radius 3 is 2.48 bits per heavy atom. The van der Waals surface area contributed by atoms with Gasteiger partial charge in [0, 0.05) is 24.0 Å². The molecule has 0 aliphatic carbocycles. The summed E-state index contributed by atoms with van der Waals surface area (Å²) in [7, 11) is 1.48. The molecule has 2 heterocycles. The number of carbonyl (C=O) groups excluding carboxylic acids is 3. The second-order valence-corrected chi connectivity index (χ2v) is 7.26. The maximum absolute atomic E-state index is 13.1. The number of ether oxygens (including phenoxy) is 1. The Kier molecular flexibility index (Phi) is 5.67. The van der Waals surface area contributed by atoms with Gasteiger partial charge in [-0.2, -0.15) is 0 Å². The predicted molar refractivity (Wildman–Crippen MR) is 119 cm³/mol. The quantitative estimate of drug-likeness (QED) is 0.264. The lowest BCUT2D eigenvalue weighted by atomic mass is 10.1. The number of amides is 4. The van der Waals surface area contributed by atoms with E-state index in [9.17, 15) is 24.5 Å². The lowest BCUT2D eigenvalue weighted by Crippen LogP contribution is -2.54. The Bertz CT molecular complexity index is 1330. The number of rotatable bonds is 5. The van der Waals surface area contributed by atoms with Crippen LogP contribution in [0.3, 0.4) is 0 Å². The van der Waals surface area contributed by atoms with Gasteiger partial charge in [0.2, 0.25) is 0 Å². The minimum Gasteiger partial charge on any atom is -0.497 e. The highest BCUT2D eigenvalue weighted by Crippen LogP contribution is 2.29. The molecule has 1 aliphatic rings. The van der Waals surface area contributed by atoms with Crippen molar-refractivity contribution in [3.8, 4) is 11.4 Å². The van der Waals surface area contributed by atoms with Crippen molar-refractivity contribution in [2.45, 2.75) is 0 Å². The molecule has 0 bridgehead atoms. The maximum atomic E-state index is 13.1. The number of halogens is 1. The first-order valence-corrected chi connectivity index (χ1v) is 9.85. The molecule has 33 heavy (non-hydrogen) atoms. The van der Waals surface area contributed by atoms with Crippen LogP contribution in [0.4, 0.5) is 16.2 Å². The third-order valence-corrected chi connectivity index (χ3v) is 5.22. The van der Waals surface area contributed by atoms with Crippen molar-refractivity contribution in [3.63, 3.8) is 0 Å². The van der Waals surface area contributed by atoms with Gasteiger partial charge in [0.15, 0.2) is 0 Å². The summed E-state index contributed by atoms with van der Waals surface area (Å²) in [5, 5.41) is 13.5. The number of nitro benzene ring substituents is 1. The van der Waals surface area contributed by atoms with Crippen molar-refractivity contribution in [3.05, 3.63) is 87.2 Å². The molecule has 0 radical (unpaired) electrons. The molecule has 1 N–H and O–H groups in total. The molecule has 2 aromatic carbocycles. The first-order valence-electron chi connectivity index (χ1n) is 9.47. The molecule has 1 fully saturated rings. The standard InChI is InChI=1S/C22H15ClN4O6/c1-33-16-7-4-13(5-8-16)26-21(29)17(20(28)24-22(26)30)11-14-3-2-10-25(14)19-12-15(27(31)32)6-9-18(19)23/h2-12H,1H3,(H,24,28,30). The molecule has 0 atom stereocenters. The highest BCUT2D eigenvalue weighted by Gasteiger charge is 2.37. The van der Waals surface area contributed by atoms with Crippen LogP contribution in [-0.4, -0.2) is 34.4 Å². The zero-order valence-corrected chi connectivity index (χ0v) is 17.8. The van der Waals surface area contributed by atoms with Crippen LogP contribution in [0, 0.1) is 10.1 Å². The normalized spacial score (nSPS) is 15.0. The van der Waals surface area contributed by atoms with Crippen molar-refractivity contribution < 1.29 is 24.0 Å². The second kappa shape index (κ2) is 8.60. The maximum Gasteiger partial charge on any atom is 0.335 e. The summed E-state index contributed by atoms with van der Waals surface area (Å²) in [5.41, 5.74) is 0.402. The van der Waals surface area contributed by atoms with E-state index in [1.807, 2.05) is 0 Å². The molecule has 3 aromatic rings. The molecule has 1 saturated heterocycles. The van der Waals surface area contributed by atoms with Crippen LogP contribution in [-0.2, 0) is 9.59 Å². The predicted octanol–water partition coefficient (Wildman–Crippen LogP) is 3.71. The van der Waals surface area contributed by atoms with Gasteiger partial charge in [0.1, 0.15) is 11.3 Å². The Morgan fingerprint density at radius 2 is 1.82 bits per heavy atom. The fourth-order valence-corrected chi connectivity index (χ4v) is 3.51. The van der Waals surface area contributed by atoms with E-state index in [1.165, 1.54) is 48.1 Å². The smallest absolute Gasteiger partial charge is 0.335 e. The molecule has 11 heteroatoms. The van der Waals surface area contributed by atoms with E-state index in [0.717, 1.165) is 4.90 Å². The third-order valence-electron chi connectivity index (χ3n) is 4.90. The summed E-state index contributed by atoms with van der Waals surface area (Å²) in [6, 6.07) is 12.4. The van der Waals surface area contributed by atoms with Crippen molar-refractivity contribution in [1.82, 2.24) is 9.88 Å². The number of aromatic nitrogens is 1. The summed E-state index contributed by atoms with van der Waals surface area (Å²) < 4.78 is 6.58. The summed E-state index contributed by atoms with van der Waals surface area (Å²) in [5.74, 6) is -1.17. The number of hydrogen-bond donors (Lipinski definition) is 1. The number of imide groups is 2. The zero-order chi connectivity index (χ0) is 23.7. The number of barbiturate groups is 1. The topological polar surface area (TPSA) is 124 Å². The first kappa shape index (κ1) is 21.8. The van der Waals surface area contributed by atoms with E-state index in [2.05, 4.69) is 5.32 Å². The van der Waals surface area contributed by atoms with E-state index < -0.39 is 22.8 Å². The molecule has 0 saturated carbocycles. The molecule has 0 unspecified atom stereocenters. The van der Waals surface area contributed by atoms with Crippen LogP contribution in [0.15, 0.2) is 66.4 Å². The van der Waals surface area contributed by atoms with E-state index in [0.29, 0.717) is 11.4 Å². The SMILES string of the molecule is COc1ccc(N2C(=O)NC(=O)C(=Cc3cccn3-c3cc([N+](=O)[O-])ccc3Cl)C2=O)cc1. The molecule has 166 valence electrons. The van der Waals surface area contributed by atoms with Crippen LogP contribution in [0.25, 0.3) is 11.8 Å². The van der Waals surface area contributed by atoms with Crippen LogP contribution in [0.2, 0.25) is 5.02 Å². The highest BCUT2D eigenvalue weighted by molar-refractivity contribution is 6.39. The van der Waals surface area contributed by atoms with Crippen molar-refractivity contribution in [2.75, 3.05) is 12.0 Å². The first-order chi connectivity index (χ1) is 15.8. The zero-order valence-electron chi connectivity index (χ0n) is 17.0. The summed E-state index contributed by atoms with van der Waals surface area (Å²) in [6.45, 7) is 0. The number of carbonyl (C=O) groups is 3. The fourth-order valence-electron chi connectivity index (χ4n) is 3.30. The average Bonchev–Trinajstić information content (AvgIpc) is 3.25. The third kappa shape index (κ3) is 4.06. The minimum absolute atomic E-state index is 0.176. The lowest BCUT2D eigenvalue weighted by Gasteiger charge is -2.26. The number of hydrogen-bond acceptors (Lipinski definition) is 6. The van der Waals surface area contributed by atoms with E-state index in [1.54, 1.807) is 30.5 Å². The summed E-state index contributed by atoms with van der Waals surface area (Å²) in [6.07, 6.45) is 2.87. The van der Waals surface area contributed by atoms with Gasteiger partial charge in [-0.15, -0.1) is 0 Å². The van der Waals surface area contributed by atoms with Crippen molar-refractivity contribution in [2.24, 2.45) is 0 Å². The molecule has 1 aromatic heterocycles. The Hall–Kier alpha value is -4.44. The van der Waals surface area contributed by atoms with Gasteiger partial charge < -0.3 is 9.30 Å². The van der Waals surface area contributed by atoms with Crippen molar-refractivity contribution in [1.29, 1.82) is 0 Å². The van der Waals surface area contributed by atoms with E-state index in [-0.39, 0.29) is 27.7 Å². The molecular formula is C22H15ClN4O6. The number of anilines is 1. The molecule has 0 spiro atoms. The van der Waals surface area contributed by atoms with Gasteiger partial charge in [-0.05, 0) is 48.5 Å². The second-order valence-electron chi connectivity index (χ2n) is 6.85. The van der Waals surface area contributed by atoms with E-state index >= 15 is 0 Å². The monoisotopic (exact) mass is 466 g/mol. The minimum atomic E-state index is -0.885. The van der Waals surface area contributed by atoms with Gasteiger partial charge in [0.05, 0.1) is 28.4 Å². The van der Waals surface area contributed by atoms with Gasteiger partial charge in [-0.1, -0.05) is 11.6 Å². The molecule has 10 nitrogen and oxygen atoms in total. The number of benzene rings is 2. The molecular weight excluding hydrogens is 452 g/mol. The number of nitrogens with one attached hydrogen (secondary N) is 1. The van der Waals surface area contributed by atoms with Crippen LogP contribution >= 0.6 is 11.6 Å². The van der Waals surface area contributed by atoms with Gasteiger partial charge in [0.25, 0.3) is 17.5 Å². The fraction of sp³-hybridized carbons (Fsp3) is 0.0455. The van der Waals surface area contributed by atoms with Crippen LogP contribution in [0.5, 0.6) is 5.75 Å². The number of nitrogens with zero attached hydrogens (tertiary/aromatic N) is 3. The van der Waals surface area contributed by atoms with Gasteiger partial charge >= 0.3 is 6.03 Å². The number of non-ortho nitro benzene ring substituents is 1. The van der Waals surface area contributed by atoms with Crippen LogP contribution in [0.1, 0.15) is 5.69 Å². The summed E-state index contributed by atoms with van der Waals surface area (Å²) in [4.78, 5) is 49.4. The lowest BCUT2D eigenvalue weighted by molar-refractivity contribution is -0.384. The number of urea groups is 1.